The number of aromatic hydroxyl groups is 1. The number of aromatic nitrogens is 2. The predicted octanol–water partition coefficient (Wildman–Crippen LogP) is 6.75. The van der Waals surface area contributed by atoms with E-state index in [1.54, 1.807) is 49.4 Å². The quantitative estimate of drug-likeness (QED) is 0.194. The van der Waals surface area contributed by atoms with Crippen LogP contribution in [0, 0.1) is 25.2 Å². The molecule has 2 aromatic heterocycles. The Kier molecular flexibility index (Phi) is 9.44. The standard InChI is InChI=1S/C40H39ClN6O4/c1-25-37(20-30(22-42)43-25)47(31-9-11-33(48)12-10-31)40(50)35-21-38(44(3)26(35)2)36-19-29(41)8-13-34(36)39(49)46-23-28-7-5-4-6-27(28)18-32(46)24-45-14-16-51-17-15-45/h4-13,19-21,32,43,48H,14-18,23-24H2,1-3H3/t32-/m0/s1. The van der Waals surface area contributed by atoms with Gasteiger partial charge in [-0.3, -0.25) is 19.4 Å². The van der Waals surface area contributed by atoms with Gasteiger partial charge in [-0.25, -0.2) is 0 Å². The van der Waals surface area contributed by atoms with Gasteiger partial charge in [-0.1, -0.05) is 35.9 Å². The molecule has 2 aliphatic rings. The summed E-state index contributed by atoms with van der Waals surface area (Å²) in [5.41, 5.74) is 7.27. The number of hydrogen-bond acceptors (Lipinski definition) is 6. The van der Waals surface area contributed by atoms with Gasteiger partial charge in [0, 0.05) is 78.2 Å². The number of carbonyl (C=O) groups is 2. The summed E-state index contributed by atoms with van der Waals surface area (Å²) in [4.78, 5) is 38.3. The van der Waals surface area contributed by atoms with Gasteiger partial charge in [0.15, 0.2) is 0 Å². The highest BCUT2D eigenvalue weighted by molar-refractivity contribution is 6.31. The number of benzene rings is 3. The molecule has 0 bridgehead atoms. The first-order chi connectivity index (χ1) is 24.6. The van der Waals surface area contributed by atoms with Crippen molar-refractivity contribution in [3.8, 4) is 23.1 Å². The number of fused-ring (bicyclic) bond motifs is 1. The smallest absolute Gasteiger partial charge is 0.264 e. The van der Waals surface area contributed by atoms with E-state index in [1.165, 1.54) is 22.6 Å². The third kappa shape index (κ3) is 6.64. The highest BCUT2D eigenvalue weighted by atomic mass is 35.5. The van der Waals surface area contributed by atoms with Gasteiger partial charge in [-0.2, -0.15) is 5.26 Å². The van der Waals surface area contributed by atoms with E-state index in [9.17, 15) is 20.0 Å². The van der Waals surface area contributed by atoms with Crippen molar-refractivity contribution in [1.82, 2.24) is 19.4 Å². The number of anilines is 2. The number of nitrogens with one attached hydrogen (secondary N) is 1. The Morgan fingerprint density at radius 2 is 1.73 bits per heavy atom. The highest BCUT2D eigenvalue weighted by Crippen LogP contribution is 2.37. The zero-order valence-electron chi connectivity index (χ0n) is 28.8. The number of halogens is 1. The summed E-state index contributed by atoms with van der Waals surface area (Å²) in [6.07, 6.45) is 0.753. The average molecular weight is 703 g/mol. The van der Waals surface area contributed by atoms with E-state index in [1.807, 2.05) is 29.5 Å². The van der Waals surface area contributed by atoms with Gasteiger partial charge in [0.1, 0.15) is 17.5 Å². The number of phenols is 1. The van der Waals surface area contributed by atoms with Crippen LogP contribution in [-0.4, -0.2) is 75.2 Å². The number of aromatic amines is 1. The van der Waals surface area contributed by atoms with E-state index in [0.29, 0.717) is 75.6 Å². The monoisotopic (exact) mass is 702 g/mol. The molecule has 10 nitrogen and oxygen atoms in total. The second-order valence-corrected chi connectivity index (χ2v) is 13.6. The molecule has 1 fully saturated rings. The van der Waals surface area contributed by atoms with Crippen LogP contribution in [0.2, 0.25) is 5.02 Å². The second kappa shape index (κ2) is 14.1. The van der Waals surface area contributed by atoms with Crippen LogP contribution in [0.4, 0.5) is 11.4 Å². The van der Waals surface area contributed by atoms with E-state index < -0.39 is 0 Å². The fourth-order valence-electron chi connectivity index (χ4n) is 7.24. The average Bonchev–Trinajstić information content (AvgIpc) is 3.66. The molecule has 5 aromatic rings. The Morgan fingerprint density at radius 3 is 2.43 bits per heavy atom. The molecule has 1 saturated heterocycles. The van der Waals surface area contributed by atoms with Crippen LogP contribution in [0.15, 0.2) is 78.9 Å². The number of ether oxygens (including phenoxy) is 1. The van der Waals surface area contributed by atoms with Crippen molar-refractivity contribution in [3.05, 3.63) is 123 Å². The molecule has 3 aromatic carbocycles. The van der Waals surface area contributed by atoms with Crippen LogP contribution in [0.3, 0.4) is 0 Å². The van der Waals surface area contributed by atoms with E-state index in [2.05, 4.69) is 34.2 Å². The first-order valence-electron chi connectivity index (χ1n) is 17.0. The molecule has 2 amide bonds. The normalized spacial score (nSPS) is 16.1. The van der Waals surface area contributed by atoms with Crippen LogP contribution < -0.4 is 4.90 Å². The van der Waals surface area contributed by atoms with Crippen molar-refractivity contribution in [2.24, 2.45) is 7.05 Å². The van der Waals surface area contributed by atoms with Gasteiger partial charge in [0.05, 0.1) is 24.5 Å². The van der Waals surface area contributed by atoms with Gasteiger partial charge in [-0.05, 0) is 86.0 Å². The van der Waals surface area contributed by atoms with Crippen LogP contribution in [0.5, 0.6) is 5.75 Å². The van der Waals surface area contributed by atoms with Crippen molar-refractivity contribution in [2.75, 3.05) is 37.7 Å². The lowest BCUT2D eigenvalue weighted by Crippen LogP contribution is -2.52. The summed E-state index contributed by atoms with van der Waals surface area (Å²) in [6, 6.07) is 25.5. The number of amides is 2. The van der Waals surface area contributed by atoms with Crippen LogP contribution in [0.25, 0.3) is 11.3 Å². The molecule has 2 N–H and O–H groups in total. The zero-order chi connectivity index (χ0) is 35.8. The van der Waals surface area contributed by atoms with Crippen molar-refractivity contribution >= 4 is 34.8 Å². The summed E-state index contributed by atoms with van der Waals surface area (Å²) in [7, 11) is 1.87. The maximum Gasteiger partial charge on any atom is 0.264 e. The van der Waals surface area contributed by atoms with Crippen molar-refractivity contribution < 1.29 is 19.4 Å². The first kappa shape index (κ1) is 34.1. The fourth-order valence-corrected chi connectivity index (χ4v) is 7.41. The molecule has 0 unspecified atom stereocenters. The van der Waals surface area contributed by atoms with Gasteiger partial charge < -0.3 is 24.3 Å². The van der Waals surface area contributed by atoms with E-state index in [-0.39, 0.29) is 23.6 Å². The minimum absolute atomic E-state index is 0.0388. The largest absolute Gasteiger partial charge is 0.508 e. The second-order valence-electron chi connectivity index (χ2n) is 13.2. The molecular weight excluding hydrogens is 664 g/mol. The van der Waals surface area contributed by atoms with Crippen LogP contribution >= 0.6 is 11.6 Å². The number of morpholine rings is 1. The summed E-state index contributed by atoms with van der Waals surface area (Å²) in [5.74, 6) is -0.367. The minimum atomic E-state index is -0.334. The number of hydrogen-bond donors (Lipinski definition) is 2. The van der Waals surface area contributed by atoms with Crippen LogP contribution in [0.1, 0.15) is 48.9 Å². The van der Waals surface area contributed by atoms with Crippen molar-refractivity contribution in [1.29, 1.82) is 5.26 Å². The Bertz CT molecular complexity index is 2160. The molecule has 7 rings (SSSR count). The number of nitrogens with zero attached hydrogens (tertiary/aromatic N) is 5. The molecule has 4 heterocycles. The van der Waals surface area contributed by atoms with E-state index >= 15 is 0 Å². The maximum absolute atomic E-state index is 14.8. The highest BCUT2D eigenvalue weighted by Gasteiger charge is 2.34. The lowest BCUT2D eigenvalue weighted by molar-refractivity contribution is 0.0193. The van der Waals surface area contributed by atoms with Crippen LogP contribution in [-0.2, 0) is 24.8 Å². The predicted molar refractivity (Wildman–Crippen MR) is 196 cm³/mol. The molecule has 2 aliphatic heterocycles. The first-order valence-corrected chi connectivity index (χ1v) is 17.4. The number of carbonyl (C=O) groups excluding carboxylic acids is 2. The molecule has 0 spiro atoms. The van der Waals surface area contributed by atoms with E-state index in [4.69, 9.17) is 16.3 Å². The Labute approximate surface area is 302 Å². The summed E-state index contributed by atoms with van der Waals surface area (Å²) in [5, 5.41) is 20.1. The van der Waals surface area contributed by atoms with Crippen molar-refractivity contribution in [2.45, 2.75) is 32.9 Å². The SMILES string of the molecule is Cc1[nH]c(C#N)cc1N(C(=O)c1cc(-c2cc(Cl)ccc2C(=O)N2Cc3ccccc3C[C@H]2CN2CCOCC2)n(C)c1C)c1ccc(O)cc1. The van der Waals surface area contributed by atoms with E-state index in [0.717, 1.165) is 31.6 Å². The molecule has 11 heteroatoms. The molecule has 0 aliphatic carbocycles. The molecule has 0 radical (unpaired) electrons. The number of aryl methyl sites for hydroxylation is 1. The summed E-state index contributed by atoms with van der Waals surface area (Å²) >= 11 is 6.62. The topological polar surface area (TPSA) is 118 Å². The third-order valence-electron chi connectivity index (χ3n) is 10.1. The minimum Gasteiger partial charge on any atom is -0.508 e. The maximum atomic E-state index is 14.8. The van der Waals surface area contributed by atoms with Gasteiger partial charge in [-0.15, -0.1) is 0 Å². The van der Waals surface area contributed by atoms with Gasteiger partial charge >= 0.3 is 0 Å². The molecule has 1 atom stereocenters. The molecule has 260 valence electrons. The fraction of sp³-hybridized carbons (Fsp3) is 0.275. The lowest BCUT2D eigenvalue weighted by Gasteiger charge is -2.40. The molecular formula is C40H39ClN6O4. The Hall–Kier alpha value is -5.34. The lowest BCUT2D eigenvalue weighted by atomic mass is 9.92. The zero-order valence-corrected chi connectivity index (χ0v) is 29.6. The third-order valence-corrected chi connectivity index (χ3v) is 10.3. The Balaban J connectivity index is 1.28. The molecule has 51 heavy (non-hydrogen) atoms. The van der Waals surface area contributed by atoms with Crippen molar-refractivity contribution in [3.63, 3.8) is 0 Å². The number of H-pyrrole nitrogens is 1. The molecule has 0 saturated carbocycles. The van der Waals surface area contributed by atoms with Gasteiger partial charge in [0.2, 0.25) is 0 Å². The summed E-state index contributed by atoms with van der Waals surface area (Å²) in [6.45, 7) is 7.91. The summed E-state index contributed by atoms with van der Waals surface area (Å²) < 4.78 is 7.51. The van der Waals surface area contributed by atoms with Gasteiger partial charge in [0.25, 0.3) is 11.8 Å². The Morgan fingerprint density at radius 1 is 1.00 bits per heavy atom. The number of phenolic OH excluding ortho intramolecular Hbond substituents is 1. The number of nitriles is 1. The number of rotatable bonds is 7.